The van der Waals surface area contributed by atoms with Gasteiger partial charge in [-0.3, -0.25) is 0 Å². The van der Waals surface area contributed by atoms with Gasteiger partial charge in [0.1, 0.15) is 24.3 Å². The van der Waals surface area contributed by atoms with Gasteiger partial charge in [-0.2, -0.15) is 0 Å². The van der Waals surface area contributed by atoms with Crippen molar-refractivity contribution in [2.45, 2.75) is 25.0 Å². The summed E-state index contributed by atoms with van der Waals surface area (Å²) in [6.45, 7) is 3.97. The first-order valence-electron chi connectivity index (χ1n) is 8.45. The Kier molecular flexibility index (Phi) is 5.52. The molecule has 0 bridgehead atoms. The molecule has 2 saturated heterocycles. The Bertz CT molecular complexity index is 547. The van der Waals surface area contributed by atoms with E-state index in [9.17, 15) is 14.3 Å². The zero-order chi connectivity index (χ0) is 16.9. The van der Waals surface area contributed by atoms with Gasteiger partial charge in [0.25, 0.3) is 0 Å². The molecule has 132 valence electrons. The smallest absolute Gasteiger partial charge is 0.317 e. The molecule has 0 radical (unpaired) electrons. The van der Waals surface area contributed by atoms with Crippen LogP contribution in [0.5, 0.6) is 5.75 Å². The van der Waals surface area contributed by atoms with E-state index in [-0.39, 0.29) is 18.5 Å². The minimum Gasteiger partial charge on any atom is -0.491 e. The highest BCUT2D eigenvalue weighted by Crippen LogP contribution is 2.18. The van der Waals surface area contributed by atoms with Gasteiger partial charge < -0.3 is 25.0 Å². The van der Waals surface area contributed by atoms with Crippen LogP contribution in [0, 0.1) is 5.82 Å². The normalized spacial score (nSPS) is 20.9. The first-order chi connectivity index (χ1) is 11.6. The lowest BCUT2D eigenvalue weighted by atomic mass is 10.0. The quantitative estimate of drug-likeness (QED) is 0.815. The van der Waals surface area contributed by atoms with Crippen LogP contribution in [0.25, 0.3) is 0 Å². The van der Waals surface area contributed by atoms with E-state index in [1.807, 2.05) is 4.90 Å². The number of amides is 2. The topological polar surface area (TPSA) is 65.0 Å². The maximum Gasteiger partial charge on any atom is 0.317 e. The van der Waals surface area contributed by atoms with Gasteiger partial charge in [-0.05, 0) is 37.1 Å². The number of piperidine rings is 1. The molecule has 6 nitrogen and oxygen atoms in total. The van der Waals surface area contributed by atoms with E-state index in [0.29, 0.717) is 18.3 Å². The number of nitrogens with zero attached hydrogens (tertiary/aromatic N) is 2. The Hall–Kier alpha value is -1.86. The number of hydrogen-bond donors (Lipinski definition) is 2. The second-order valence-electron chi connectivity index (χ2n) is 6.38. The molecule has 0 saturated carbocycles. The second-order valence-corrected chi connectivity index (χ2v) is 6.38. The Balaban J connectivity index is 1.37. The van der Waals surface area contributed by atoms with Crippen LogP contribution in [0.1, 0.15) is 12.8 Å². The Morgan fingerprint density at radius 2 is 1.96 bits per heavy atom. The van der Waals surface area contributed by atoms with E-state index in [2.05, 4.69) is 10.2 Å². The number of ether oxygens (including phenoxy) is 1. The summed E-state index contributed by atoms with van der Waals surface area (Å²) in [5.41, 5.74) is 0. The second kappa shape index (κ2) is 7.81. The van der Waals surface area contributed by atoms with Gasteiger partial charge >= 0.3 is 6.03 Å². The zero-order valence-corrected chi connectivity index (χ0v) is 13.7. The van der Waals surface area contributed by atoms with Crippen molar-refractivity contribution in [3.05, 3.63) is 30.1 Å². The molecule has 0 aliphatic carbocycles. The summed E-state index contributed by atoms with van der Waals surface area (Å²) in [7, 11) is 0. The van der Waals surface area contributed by atoms with Crippen LogP contribution in [-0.2, 0) is 0 Å². The van der Waals surface area contributed by atoms with Gasteiger partial charge in [-0.25, -0.2) is 9.18 Å². The number of carbonyl (C=O) groups excluding carboxylic acids is 1. The predicted octanol–water partition coefficient (Wildman–Crippen LogP) is 1.06. The molecule has 1 atom stereocenters. The van der Waals surface area contributed by atoms with Crippen LogP contribution < -0.4 is 10.1 Å². The number of nitrogens with one attached hydrogen (secondary N) is 1. The van der Waals surface area contributed by atoms with Gasteiger partial charge in [-0.15, -0.1) is 0 Å². The summed E-state index contributed by atoms with van der Waals surface area (Å²) in [5, 5.41) is 13.0. The van der Waals surface area contributed by atoms with E-state index in [1.165, 1.54) is 12.1 Å². The predicted molar refractivity (Wildman–Crippen MR) is 87.5 cm³/mol. The molecule has 0 spiro atoms. The maximum absolute atomic E-state index is 12.8. The maximum atomic E-state index is 12.8. The molecular weight excluding hydrogens is 313 g/mol. The van der Waals surface area contributed by atoms with Crippen molar-refractivity contribution < 1.29 is 19.0 Å². The highest BCUT2D eigenvalue weighted by atomic mass is 19.1. The lowest BCUT2D eigenvalue weighted by Crippen LogP contribution is -2.48. The van der Waals surface area contributed by atoms with Crippen LogP contribution in [0.15, 0.2) is 24.3 Å². The Morgan fingerprint density at radius 1 is 1.25 bits per heavy atom. The number of urea groups is 1. The van der Waals surface area contributed by atoms with Crippen LogP contribution in [0.3, 0.4) is 0 Å². The Morgan fingerprint density at radius 3 is 2.58 bits per heavy atom. The minimum absolute atomic E-state index is 0.0428. The van der Waals surface area contributed by atoms with E-state index in [0.717, 1.165) is 39.0 Å². The van der Waals surface area contributed by atoms with Crippen molar-refractivity contribution in [2.24, 2.45) is 0 Å². The molecule has 0 unspecified atom stereocenters. The first-order valence-corrected chi connectivity index (χ1v) is 8.45. The molecule has 1 aromatic rings. The molecular formula is C17H24FN3O3. The third kappa shape index (κ3) is 4.36. The van der Waals surface area contributed by atoms with Crippen molar-refractivity contribution >= 4 is 6.03 Å². The van der Waals surface area contributed by atoms with E-state index in [4.69, 9.17) is 4.74 Å². The number of carbonyl (C=O) groups is 1. The average molecular weight is 337 g/mol. The van der Waals surface area contributed by atoms with Crippen LogP contribution in [0.2, 0.25) is 0 Å². The molecule has 2 aliphatic rings. The standard InChI is InChI=1S/C17H24FN3O3/c18-13-1-3-16(4-2-13)24-12-15(22)11-20-8-5-14(6-9-20)21-10-7-19-17(21)23/h1-4,14-15,22H,5-12H2,(H,19,23)/t15-/m0/s1. The fourth-order valence-corrected chi connectivity index (χ4v) is 3.32. The largest absolute Gasteiger partial charge is 0.491 e. The fraction of sp³-hybridized carbons (Fsp3) is 0.588. The summed E-state index contributed by atoms with van der Waals surface area (Å²) in [5.74, 6) is 0.242. The summed E-state index contributed by atoms with van der Waals surface area (Å²) < 4.78 is 18.3. The molecule has 0 aromatic heterocycles. The van der Waals surface area contributed by atoms with E-state index < -0.39 is 6.10 Å². The number of rotatable bonds is 6. The first kappa shape index (κ1) is 17.0. The summed E-state index contributed by atoms with van der Waals surface area (Å²) >= 11 is 0. The number of aliphatic hydroxyl groups excluding tert-OH is 1. The van der Waals surface area contributed by atoms with Gasteiger partial charge in [0.05, 0.1) is 0 Å². The number of hydrogen-bond acceptors (Lipinski definition) is 4. The monoisotopic (exact) mass is 337 g/mol. The van der Waals surface area contributed by atoms with E-state index in [1.54, 1.807) is 12.1 Å². The number of likely N-dealkylation sites (tertiary alicyclic amines) is 1. The van der Waals surface area contributed by atoms with Gasteiger partial charge in [-0.1, -0.05) is 0 Å². The number of benzene rings is 1. The number of halogens is 1. The highest BCUT2D eigenvalue weighted by molar-refractivity contribution is 5.76. The minimum atomic E-state index is -0.596. The van der Waals surface area contributed by atoms with Crippen LogP contribution >= 0.6 is 0 Å². The Labute approximate surface area is 141 Å². The lowest BCUT2D eigenvalue weighted by molar-refractivity contribution is 0.0508. The average Bonchev–Trinajstić information content (AvgIpc) is 3.01. The third-order valence-electron chi connectivity index (χ3n) is 4.61. The van der Waals surface area contributed by atoms with Crippen molar-refractivity contribution in [2.75, 3.05) is 39.3 Å². The van der Waals surface area contributed by atoms with Crippen LogP contribution in [0.4, 0.5) is 9.18 Å². The van der Waals surface area contributed by atoms with Crippen molar-refractivity contribution in [1.82, 2.24) is 15.1 Å². The summed E-state index contributed by atoms with van der Waals surface area (Å²) in [4.78, 5) is 15.8. The van der Waals surface area contributed by atoms with Gasteiger partial charge in [0.2, 0.25) is 0 Å². The highest BCUT2D eigenvalue weighted by Gasteiger charge is 2.30. The lowest BCUT2D eigenvalue weighted by Gasteiger charge is -2.36. The molecule has 2 fully saturated rings. The molecule has 2 amide bonds. The third-order valence-corrected chi connectivity index (χ3v) is 4.61. The zero-order valence-electron chi connectivity index (χ0n) is 13.7. The molecule has 24 heavy (non-hydrogen) atoms. The molecule has 2 aliphatic heterocycles. The molecule has 2 N–H and O–H groups in total. The molecule has 1 aromatic carbocycles. The van der Waals surface area contributed by atoms with Crippen LogP contribution in [-0.4, -0.2) is 72.4 Å². The van der Waals surface area contributed by atoms with E-state index >= 15 is 0 Å². The van der Waals surface area contributed by atoms with Gasteiger partial charge in [0.15, 0.2) is 0 Å². The van der Waals surface area contributed by atoms with Crippen molar-refractivity contribution in [3.8, 4) is 5.75 Å². The number of aliphatic hydroxyl groups is 1. The summed E-state index contributed by atoms with van der Waals surface area (Å²) in [6.07, 6.45) is 1.26. The SMILES string of the molecule is O=C1NCCN1C1CCN(C[C@H](O)COc2ccc(F)cc2)CC1. The molecule has 7 heteroatoms. The van der Waals surface area contributed by atoms with Crippen molar-refractivity contribution in [1.29, 1.82) is 0 Å². The van der Waals surface area contributed by atoms with Crippen molar-refractivity contribution in [3.63, 3.8) is 0 Å². The molecule has 3 rings (SSSR count). The number of β-amino-alcohol motifs (C(OH)–C–C–N with tert-alkyl or cyclic N) is 1. The fourth-order valence-electron chi connectivity index (χ4n) is 3.32. The molecule has 2 heterocycles. The van der Waals surface area contributed by atoms with Gasteiger partial charge in [0, 0.05) is 38.8 Å². The summed E-state index contributed by atoms with van der Waals surface area (Å²) in [6, 6.07) is 6.11.